The molecule has 0 aliphatic carbocycles. The van der Waals surface area contributed by atoms with E-state index in [1.165, 1.54) is 0 Å². The number of ether oxygens (including phenoxy) is 1. The summed E-state index contributed by atoms with van der Waals surface area (Å²) in [4.78, 5) is 21.7. The molecule has 1 N–H and O–H groups in total. The number of Topliss-reactive ketones (excluding diaryl/α,β-unsaturated/α-hetero) is 1. The van der Waals surface area contributed by atoms with E-state index in [9.17, 15) is 9.59 Å². The highest BCUT2D eigenvalue weighted by atomic mass is 16.5. The van der Waals surface area contributed by atoms with Crippen LogP contribution in [0.3, 0.4) is 0 Å². The van der Waals surface area contributed by atoms with Gasteiger partial charge in [-0.1, -0.05) is 13.8 Å². The SMILES string of the molecule is CCOC(=O)NCC(=O)C(C)C. The summed E-state index contributed by atoms with van der Waals surface area (Å²) in [6.07, 6.45) is -0.536. The molecule has 0 heterocycles. The highest BCUT2D eigenvalue weighted by molar-refractivity contribution is 5.85. The van der Waals surface area contributed by atoms with Crippen molar-refractivity contribution < 1.29 is 14.3 Å². The van der Waals surface area contributed by atoms with Gasteiger partial charge in [-0.3, -0.25) is 4.79 Å². The lowest BCUT2D eigenvalue weighted by atomic mass is 10.1. The van der Waals surface area contributed by atoms with E-state index in [1.54, 1.807) is 20.8 Å². The van der Waals surface area contributed by atoms with Crippen LogP contribution in [0.25, 0.3) is 0 Å². The Hall–Kier alpha value is -1.06. The van der Waals surface area contributed by atoms with Crippen LogP contribution in [0.15, 0.2) is 0 Å². The third-order valence-corrected chi connectivity index (χ3v) is 1.33. The summed E-state index contributed by atoms with van der Waals surface area (Å²) in [6.45, 7) is 5.66. The van der Waals surface area contributed by atoms with Crippen LogP contribution in [0, 0.1) is 5.92 Å². The average molecular weight is 173 g/mol. The fourth-order valence-corrected chi connectivity index (χ4v) is 0.546. The molecule has 1 amide bonds. The molecule has 0 saturated carbocycles. The Balaban J connectivity index is 3.54. The Kier molecular flexibility index (Phi) is 5.08. The molecule has 12 heavy (non-hydrogen) atoms. The molecular weight excluding hydrogens is 158 g/mol. The maximum absolute atomic E-state index is 11.0. The van der Waals surface area contributed by atoms with Crippen LogP contribution in [0.5, 0.6) is 0 Å². The van der Waals surface area contributed by atoms with E-state index in [0.29, 0.717) is 6.61 Å². The predicted molar refractivity (Wildman–Crippen MR) is 44.9 cm³/mol. The number of ketones is 1. The van der Waals surface area contributed by atoms with Crippen molar-refractivity contribution in [3.05, 3.63) is 0 Å². The molecule has 0 atom stereocenters. The van der Waals surface area contributed by atoms with E-state index in [4.69, 9.17) is 0 Å². The molecule has 70 valence electrons. The van der Waals surface area contributed by atoms with Gasteiger partial charge in [0.05, 0.1) is 13.2 Å². The molecule has 0 aliphatic rings. The largest absolute Gasteiger partial charge is 0.450 e. The van der Waals surface area contributed by atoms with Gasteiger partial charge in [0.15, 0.2) is 5.78 Å². The van der Waals surface area contributed by atoms with Crippen LogP contribution in [-0.4, -0.2) is 25.0 Å². The minimum atomic E-state index is -0.536. The molecule has 0 aromatic carbocycles. The van der Waals surface area contributed by atoms with Crippen LogP contribution in [0.4, 0.5) is 4.79 Å². The second-order valence-electron chi connectivity index (χ2n) is 2.70. The highest BCUT2D eigenvalue weighted by Gasteiger charge is 2.08. The maximum Gasteiger partial charge on any atom is 0.407 e. The zero-order chi connectivity index (χ0) is 9.56. The van der Waals surface area contributed by atoms with Crippen molar-refractivity contribution >= 4 is 11.9 Å². The minimum Gasteiger partial charge on any atom is -0.450 e. The van der Waals surface area contributed by atoms with Crippen LogP contribution in [0.1, 0.15) is 20.8 Å². The van der Waals surface area contributed by atoms with Gasteiger partial charge in [0.25, 0.3) is 0 Å². The van der Waals surface area contributed by atoms with E-state index < -0.39 is 6.09 Å². The molecule has 0 aromatic heterocycles. The third kappa shape index (κ3) is 4.71. The summed E-state index contributed by atoms with van der Waals surface area (Å²) in [5.41, 5.74) is 0. The number of alkyl carbamates (subject to hydrolysis) is 1. The molecule has 0 aliphatic heterocycles. The van der Waals surface area contributed by atoms with Gasteiger partial charge in [0.1, 0.15) is 0 Å². The lowest BCUT2D eigenvalue weighted by molar-refractivity contribution is -0.120. The molecule has 4 nitrogen and oxygen atoms in total. The molecular formula is C8H15NO3. The number of carbonyl (C=O) groups is 2. The Morgan fingerprint density at radius 2 is 2.00 bits per heavy atom. The smallest absolute Gasteiger partial charge is 0.407 e. The lowest BCUT2D eigenvalue weighted by Crippen LogP contribution is -2.31. The molecule has 0 radical (unpaired) electrons. The first kappa shape index (κ1) is 10.9. The summed E-state index contributed by atoms with van der Waals surface area (Å²) in [7, 11) is 0. The number of hydrogen-bond donors (Lipinski definition) is 1. The molecule has 0 bridgehead atoms. The monoisotopic (exact) mass is 173 g/mol. The van der Waals surface area contributed by atoms with Crippen molar-refractivity contribution in [3.8, 4) is 0 Å². The fraction of sp³-hybridized carbons (Fsp3) is 0.750. The number of amides is 1. The van der Waals surface area contributed by atoms with Crippen molar-refractivity contribution in [2.45, 2.75) is 20.8 Å². The molecule has 0 rings (SSSR count). The molecule has 0 saturated heterocycles. The Bertz CT molecular complexity index is 166. The summed E-state index contributed by atoms with van der Waals surface area (Å²) in [6, 6.07) is 0. The number of hydrogen-bond acceptors (Lipinski definition) is 3. The topological polar surface area (TPSA) is 55.4 Å². The van der Waals surface area contributed by atoms with Gasteiger partial charge in [-0.15, -0.1) is 0 Å². The molecule has 4 heteroatoms. The molecule has 0 unspecified atom stereocenters. The average Bonchev–Trinajstić information content (AvgIpc) is 2.00. The summed E-state index contributed by atoms with van der Waals surface area (Å²) in [5, 5.41) is 2.35. The first-order valence-electron chi connectivity index (χ1n) is 4.01. The fourth-order valence-electron chi connectivity index (χ4n) is 0.546. The lowest BCUT2D eigenvalue weighted by Gasteiger charge is -2.05. The van der Waals surface area contributed by atoms with Crippen molar-refractivity contribution in [1.82, 2.24) is 5.32 Å². The van der Waals surface area contributed by atoms with Gasteiger partial charge >= 0.3 is 6.09 Å². The summed E-state index contributed by atoms with van der Waals surface area (Å²) in [5.74, 6) is -0.0463. The second-order valence-corrected chi connectivity index (χ2v) is 2.70. The summed E-state index contributed by atoms with van der Waals surface area (Å²) < 4.78 is 4.57. The van der Waals surface area contributed by atoms with Crippen LogP contribution in [-0.2, 0) is 9.53 Å². The molecule has 0 aromatic rings. The Labute approximate surface area is 72.3 Å². The van der Waals surface area contributed by atoms with Crippen molar-refractivity contribution in [1.29, 1.82) is 0 Å². The number of nitrogens with one attached hydrogen (secondary N) is 1. The molecule has 0 fully saturated rings. The number of carbonyl (C=O) groups excluding carboxylic acids is 2. The Morgan fingerprint density at radius 1 is 1.42 bits per heavy atom. The van der Waals surface area contributed by atoms with Gasteiger partial charge in [-0.25, -0.2) is 4.79 Å². The summed E-state index contributed by atoms with van der Waals surface area (Å²) >= 11 is 0. The quantitative estimate of drug-likeness (QED) is 0.688. The Morgan fingerprint density at radius 3 is 2.42 bits per heavy atom. The molecule has 0 spiro atoms. The maximum atomic E-state index is 11.0. The van der Waals surface area contributed by atoms with Gasteiger partial charge in [-0.2, -0.15) is 0 Å². The van der Waals surface area contributed by atoms with Gasteiger partial charge in [0.2, 0.25) is 0 Å². The normalized spacial score (nSPS) is 9.67. The number of rotatable bonds is 4. The standard InChI is InChI=1S/C8H15NO3/c1-4-12-8(11)9-5-7(10)6(2)3/h6H,4-5H2,1-3H3,(H,9,11). The first-order valence-corrected chi connectivity index (χ1v) is 4.01. The van der Waals surface area contributed by atoms with Crippen LogP contribution < -0.4 is 5.32 Å². The predicted octanol–water partition coefficient (Wildman–Crippen LogP) is 0.958. The van der Waals surface area contributed by atoms with E-state index >= 15 is 0 Å². The van der Waals surface area contributed by atoms with Crippen LogP contribution >= 0.6 is 0 Å². The minimum absolute atomic E-state index is 0.00283. The van der Waals surface area contributed by atoms with E-state index in [0.717, 1.165) is 0 Å². The van der Waals surface area contributed by atoms with Crippen molar-refractivity contribution in [2.24, 2.45) is 5.92 Å². The van der Waals surface area contributed by atoms with Crippen LogP contribution in [0.2, 0.25) is 0 Å². The third-order valence-electron chi connectivity index (χ3n) is 1.33. The van der Waals surface area contributed by atoms with Gasteiger partial charge in [0, 0.05) is 5.92 Å². The van der Waals surface area contributed by atoms with Crippen molar-refractivity contribution in [3.63, 3.8) is 0 Å². The zero-order valence-electron chi connectivity index (χ0n) is 7.72. The van der Waals surface area contributed by atoms with E-state index in [-0.39, 0.29) is 18.2 Å². The van der Waals surface area contributed by atoms with Gasteiger partial charge in [-0.05, 0) is 6.92 Å². The van der Waals surface area contributed by atoms with Crippen molar-refractivity contribution in [2.75, 3.05) is 13.2 Å². The second kappa shape index (κ2) is 5.57. The zero-order valence-corrected chi connectivity index (χ0v) is 7.72. The van der Waals surface area contributed by atoms with E-state index in [1.807, 2.05) is 0 Å². The van der Waals surface area contributed by atoms with E-state index in [2.05, 4.69) is 10.1 Å². The van der Waals surface area contributed by atoms with Gasteiger partial charge < -0.3 is 10.1 Å². The highest BCUT2D eigenvalue weighted by Crippen LogP contribution is 1.91. The first-order chi connectivity index (χ1) is 5.57.